The molecular formula is C19H20ClF3N2O4S2. The number of aryl methyl sites for hydroxylation is 2. The minimum Gasteiger partial charge on any atom is -0.279 e. The Morgan fingerprint density at radius 1 is 1.06 bits per heavy atom. The van der Waals surface area contributed by atoms with Crippen LogP contribution in [0.4, 0.5) is 24.5 Å². The van der Waals surface area contributed by atoms with Gasteiger partial charge in [-0.15, -0.1) is 0 Å². The van der Waals surface area contributed by atoms with Crippen LogP contribution in [0.3, 0.4) is 0 Å². The molecule has 0 unspecified atom stereocenters. The van der Waals surface area contributed by atoms with Crippen LogP contribution in [-0.2, 0) is 26.2 Å². The van der Waals surface area contributed by atoms with E-state index in [1.54, 1.807) is 6.92 Å². The summed E-state index contributed by atoms with van der Waals surface area (Å²) in [6, 6.07) is 5.43. The van der Waals surface area contributed by atoms with Crippen LogP contribution in [0.1, 0.15) is 29.5 Å². The Balaban J connectivity index is 2.03. The molecule has 1 fully saturated rings. The van der Waals surface area contributed by atoms with Gasteiger partial charge in [0, 0.05) is 11.6 Å². The number of alkyl halides is 3. The van der Waals surface area contributed by atoms with E-state index in [2.05, 4.69) is 0 Å². The molecule has 0 saturated carbocycles. The molecule has 170 valence electrons. The van der Waals surface area contributed by atoms with Crippen molar-refractivity contribution in [1.82, 2.24) is 0 Å². The predicted molar refractivity (Wildman–Crippen MR) is 114 cm³/mol. The van der Waals surface area contributed by atoms with E-state index in [-0.39, 0.29) is 27.8 Å². The number of hydrogen-bond acceptors (Lipinski definition) is 4. The molecule has 0 aliphatic carbocycles. The van der Waals surface area contributed by atoms with Gasteiger partial charge in [0.25, 0.3) is 10.0 Å². The maximum absolute atomic E-state index is 13.3. The van der Waals surface area contributed by atoms with Crippen molar-refractivity contribution in [3.05, 3.63) is 52.0 Å². The minimum atomic E-state index is -4.82. The number of nitrogens with one attached hydrogen (secondary N) is 1. The highest BCUT2D eigenvalue weighted by Gasteiger charge is 2.35. The van der Waals surface area contributed by atoms with E-state index < -0.39 is 37.5 Å². The molecule has 0 radical (unpaired) electrons. The van der Waals surface area contributed by atoms with E-state index in [9.17, 15) is 30.0 Å². The lowest BCUT2D eigenvalue weighted by Crippen LogP contribution is -2.38. The maximum atomic E-state index is 13.3. The maximum Gasteiger partial charge on any atom is 0.418 e. The smallest absolute Gasteiger partial charge is 0.279 e. The monoisotopic (exact) mass is 496 g/mol. The van der Waals surface area contributed by atoms with Crippen LogP contribution >= 0.6 is 11.6 Å². The van der Waals surface area contributed by atoms with Gasteiger partial charge in [-0.3, -0.25) is 9.03 Å². The van der Waals surface area contributed by atoms with Crippen molar-refractivity contribution < 1.29 is 30.0 Å². The molecule has 0 amide bonds. The summed E-state index contributed by atoms with van der Waals surface area (Å²) in [6.07, 6.45) is -3.59. The third kappa shape index (κ3) is 4.93. The van der Waals surface area contributed by atoms with Crippen LogP contribution in [0.25, 0.3) is 0 Å². The van der Waals surface area contributed by atoms with E-state index in [1.165, 1.54) is 23.4 Å². The molecule has 1 aliphatic heterocycles. The number of halogens is 4. The molecule has 0 bridgehead atoms. The van der Waals surface area contributed by atoms with Crippen molar-refractivity contribution in [2.45, 2.75) is 37.8 Å². The van der Waals surface area contributed by atoms with Gasteiger partial charge in [0.1, 0.15) is 0 Å². The number of hydrogen-bond donors (Lipinski definition) is 1. The lowest BCUT2D eigenvalue weighted by Gasteiger charge is -2.30. The Labute approximate surface area is 184 Å². The topological polar surface area (TPSA) is 83.6 Å². The van der Waals surface area contributed by atoms with Gasteiger partial charge >= 0.3 is 6.18 Å². The van der Waals surface area contributed by atoms with Gasteiger partial charge in [0.15, 0.2) is 0 Å². The normalized spacial score (nSPS) is 16.9. The van der Waals surface area contributed by atoms with Crippen molar-refractivity contribution >= 4 is 43.0 Å². The first-order chi connectivity index (χ1) is 14.2. The van der Waals surface area contributed by atoms with Gasteiger partial charge in [0.05, 0.1) is 27.6 Å². The summed E-state index contributed by atoms with van der Waals surface area (Å²) in [5, 5.41) is -0.186. The second-order valence-electron chi connectivity index (χ2n) is 7.29. The van der Waals surface area contributed by atoms with E-state index in [0.717, 1.165) is 12.1 Å². The second kappa shape index (κ2) is 8.18. The zero-order chi connectivity index (χ0) is 23.2. The summed E-state index contributed by atoms with van der Waals surface area (Å²) < 4.78 is 93.8. The number of benzene rings is 2. The largest absolute Gasteiger partial charge is 0.418 e. The lowest BCUT2D eigenvalue weighted by molar-refractivity contribution is -0.136. The molecule has 3 rings (SSSR count). The fourth-order valence-electron chi connectivity index (χ4n) is 3.43. The van der Waals surface area contributed by atoms with Crippen LogP contribution in [0.15, 0.2) is 35.2 Å². The van der Waals surface area contributed by atoms with Crippen molar-refractivity contribution in [2.75, 3.05) is 21.3 Å². The zero-order valence-corrected chi connectivity index (χ0v) is 19.0. The second-order valence-corrected chi connectivity index (χ2v) is 11.4. The van der Waals surface area contributed by atoms with Gasteiger partial charge in [0.2, 0.25) is 10.0 Å². The molecule has 2 aromatic rings. The fraction of sp³-hybridized carbons (Fsp3) is 0.368. The highest BCUT2D eigenvalue weighted by Crippen LogP contribution is 2.38. The average Bonchev–Trinajstić information content (AvgIpc) is 2.63. The Morgan fingerprint density at radius 3 is 2.35 bits per heavy atom. The molecular weight excluding hydrogens is 477 g/mol. The third-order valence-electron chi connectivity index (χ3n) is 4.93. The highest BCUT2D eigenvalue weighted by atomic mass is 35.5. The van der Waals surface area contributed by atoms with Crippen LogP contribution < -0.4 is 9.03 Å². The number of sulfonamides is 2. The van der Waals surface area contributed by atoms with Crippen LogP contribution in [0.2, 0.25) is 5.02 Å². The summed E-state index contributed by atoms with van der Waals surface area (Å²) in [5.74, 6) is 0.00385. The summed E-state index contributed by atoms with van der Waals surface area (Å²) in [5.41, 5.74) is -0.927. The van der Waals surface area contributed by atoms with Crippen molar-refractivity contribution in [2.24, 2.45) is 0 Å². The molecule has 6 nitrogen and oxygen atoms in total. The number of anilines is 2. The Bertz CT molecular complexity index is 1230. The lowest BCUT2D eigenvalue weighted by atomic mass is 10.1. The summed E-state index contributed by atoms with van der Waals surface area (Å²) in [4.78, 5) is -0.244. The van der Waals surface area contributed by atoms with Crippen molar-refractivity contribution in [3.63, 3.8) is 0 Å². The molecule has 12 heteroatoms. The third-order valence-corrected chi connectivity index (χ3v) is 8.53. The van der Waals surface area contributed by atoms with Crippen LogP contribution in [0, 0.1) is 13.8 Å². The molecule has 1 heterocycles. The van der Waals surface area contributed by atoms with E-state index in [0.29, 0.717) is 30.2 Å². The molecule has 0 aromatic heterocycles. The average molecular weight is 497 g/mol. The van der Waals surface area contributed by atoms with Gasteiger partial charge < -0.3 is 0 Å². The minimum absolute atomic E-state index is 0.00385. The van der Waals surface area contributed by atoms with Crippen LogP contribution in [-0.4, -0.2) is 29.1 Å². The van der Waals surface area contributed by atoms with Crippen molar-refractivity contribution in [1.29, 1.82) is 0 Å². The molecule has 1 N–H and O–H groups in total. The quantitative estimate of drug-likeness (QED) is 0.664. The number of nitrogens with zero attached hydrogens (tertiary/aromatic N) is 1. The van der Waals surface area contributed by atoms with Gasteiger partial charge in [-0.25, -0.2) is 16.8 Å². The van der Waals surface area contributed by atoms with E-state index in [1.807, 2.05) is 4.72 Å². The highest BCUT2D eigenvalue weighted by molar-refractivity contribution is 7.93. The first kappa shape index (κ1) is 23.7. The standard InChI is InChI=1S/C19H20ClF3N2O4S2/c1-12-10-18(13(2)9-17(12)25-7-3-4-8-30(25,26)27)31(28,29)24-16-6-5-14(20)11-15(16)19(21,22)23/h5-6,9-11,24H,3-4,7-8H2,1-2H3. The van der Waals surface area contributed by atoms with E-state index >= 15 is 0 Å². The zero-order valence-electron chi connectivity index (χ0n) is 16.6. The number of rotatable bonds is 4. The fourth-order valence-corrected chi connectivity index (χ4v) is 6.69. The molecule has 1 aliphatic rings. The molecule has 0 spiro atoms. The predicted octanol–water partition coefficient (Wildman–Crippen LogP) is 4.71. The van der Waals surface area contributed by atoms with Gasteiger partial charge in [-0.05, 0) is 68.1 Å². The molecule has 0 atom stereocenters. The van der Waals surface area contributed by atoms with Gasteiger partial charge in [-0.1, -0.05) is 11.6 Å². The SMILES string of the molecule is Cc1cc(S(=O)(=O)Nc2ccc(Cl)cc2C(F)(F)F)c(C)cc1N1CCCCS1(=O)=O. The van der Waals surface area contributed by atoms with Gasteiger partial charge in [-0.2, -0.15) is 13.2 Å². The Kier molecular flexibility index (Phi) is 6.25. The summed E-state index contributed by atoms with van der Waals surface area (Å²) in [7, 11) is -7.91. The first-order valence-corrected chi connectivity index (χ1v) is 12.7. The van der Waals surface area contributed by atoms with Crippen molar-refractivity contribution in [3.8, 4) is 0 Å². The molecule has 1 saturated heterocycles. The Hall–Kier alpha value is -1.98. The van der Waals surface area contributed by atoms with Crippen LogP contribution in [0.5, 0.6) is 0 Å². The summed E-state index contributed by atoms with van der Waals surface area (Å²) >= 11 is 5.64. The Morgan fingerprint density at radius 2 is 1.74 bits per heavy atom. The first-order valence-electron chi connectivity index (χ1n) is 9.23. The molecule has 2 aromatic carbocycles. The molecule has 31 heavy (non-hydrogen) atoms. The van der Waals surface area contributed by atoms with E-state index in [4.69, 9.17) is 11.6 Å². The summed E-state index contributed by atoms with van der Waals surface area (Å²) in [6.45, 7) is 3.30.